The fourth-order valence-corrected chi connectivity index (χ4v) is 5.63. The van der Waals surface area contributed by atoms with Crippen LogP contribution in [-0.2, 0) is 16.4 Å². The molecule has 0 bridgehead atoms. The normalized spacial score (nSPS) is 12.7. The number of nitrogens with zero attached hydrogens (tertiary/aromatic N) is 2. The average Bonchev–Trinajstić information content (AvgIpc) is 2.83. The zero-order valence-electron chi connectivity index (χ0n) is 20.4. The highest BCUT2D eigenvalue weighted by molar-refractivity contribution is 7.89. The molecule has 0 fully saturated rings. The lowest BCUT2D eigenvalue weighted by Crippen LogP contribution is -2.45. The highest BCUT2D eigenvalue weighted by atomic mass is 32.2. The van der Waals surface area contributed by atoms with Crippen molar-refractivity contribution in [2.75, 3.05) is 39.8 Å². The van der Waals surface area contributed by atoms with Crippen LogP contribution in [0.25, 0.3) is 0 Å². The highest BCUT2D eigenvalue weighted by Gasteiger charge is 2.27. The Bertz CT molecular complexity index is 988. The van der Waals surface area contributed by atoms with Gasteiger partial charge < -0.3 is 10.1 Å². The number of sulfonamides is 1. The van der Waals surface area contributed by atoms with Crippen LogP contribution in [0.15, 0.2) is 53.4 Å². The number of carbonyl (C=O) groups is 1. The lowest BCUT2D eigenvalue weighted by molar-refractivity contribution is 0.0934. The van der Waals surface area contributed by atoms with E-state index in [1.807, 2.05) is 18.2 Å². The molecule has 0 aromatic heterocycles. The third kappa shape index (κ3) is 6.79. The van der Waals surface area contributed by atoms with Crippen LogP contribution in [0.2, 0.25) is 0 Å². The molecule has 182 valence electrons. The first-order chi connectivity index (χ1) is 15.8. The third-order valence-corrected chi connectivity index (χ3v) is 7.96. The van der Waals surface area contributed by atoms with E-state index in [9.17, 15) is 13.2 Å². The van der Waals surface area contributed by atoms with Gasteiger partial charge in [-0.3, -0.25) is 9.69 Å². The van der Waals surface area contributed by atoms with Crippen molar-refractivity contribution < 1.29 is 17.9 Å². The van der Waals surface area contributed by atoms with E-state index in [0.717, 1.165) is 19.5 Å². The second kappa shape index (κ2) is 12.7. The maximum atomic E-state index is 13.1. The van der Waals surface area contributed by atoms with Crippen molar-refractivity contribution in [3.05, 3.63) is 59.7 Å². The molecule has 0 aliphatic heterocycles. The maximum Gasteiger partial charge on any atom is 0.251 e. The Morgan fingerprint density at radius 1 is 0.970 bits per heavy atom. The van der Waals surface area contributed by atoms with Crippen LogP contribution in [0.5, 0.6) is 5.75 Å². The highest BCUT2D eigenvalue weighted by Crippen LogP contribution is 2.28. The standard InChI is InChI=1S/C25H37N3O4S/c1-6-27(7-2)22(17-20-13-11-10-12-14-20)19-26-25(29)21-15-16-23(32-5)24(18-21)33(30,31)28(8-3)9-4/h10-16,18,22H,6-9,17,19H2,1-5H3,(H,26,29)/t22-/m0/s1. The predicted molar refractivity (Wildman–Crippen MR) is 132 cm³/mol. The molecule has 2 rings (SSSR count). The van der Waals surface area contributed by atoms with Crippen LogP contribution in [0.4, 0.5) is 0 Å². The van der Waals surface area contributed by atoms with Gasteiger partial charge in [0.15, 0.2) is 0 Å². The van der Waals surface area contributed by atoms with E-state index < -0.39 is 10.0 Å². The molecule has 0 radical (unpaired) electrons. The van der Waals surface area contributed by atoms with Crippen molar-refractivity contribution in [2.24, 2.45) is 0 Å². The fourth-order valence-electron chi connectivity index (χ4n) is 3.99. The maximum absolute atomic E-state index is 13.1. The molecule has 0 unspecified atom stereocenters. The molecular formula is C25H37N3O4S. The average molecular weight is 476 g/mol. The Labute approximate surface area is 198 Å². The summed E-state index contributed by atoms with van der Waals surface area (Å²) >= 11 is 0. The zero-order valence-corrected chi connectivity index (χ0v) is 21.2. The molecule has 0 saturated heterocycles. The molecule has 1 N–H and O–H groups in total. The summed E-state index contributed by atoms with van der Waals surface area (Å²) < 4.78 is 32.8. The van der Waals surface area contributed by atoms with E-state index in [1.165, 1.54) is 29.1 Å². The summed E-state index contributed by atoms with van der Waals surface area (Å²) in [6.45, 7) is 10.7. The van der Waals surface area contributed by atoms with Gasteiger partial charge in [0, 0.05) is 31.2 Å². The quantitative estimate of drug-likeness (QED) is 0.480. The minimum atomic E-state index is -3.77. The first kappa shape index (κ1) is 26.8. The molecular weight excluding hydrogens is 438 g/mol. The summed E-state index contributed by atoms with van der Waals surface area (Å²) in [6.07, 6.45) is 0.813. The van der Waals surface area contributed by atoms with Gasteiger partial charge in [-0.2, -0.15) is 4.31 Å². The van der Waals surface area contributed by atoms with E-state index in [4.69, 9.17) is 4.74 Å². The third-order valence-electron chi connectivity index (χ3n) is 5.89. The zero-order chi connectivity index (χ0) is 24.4. The summed E-state index contributed by atoms with van der Waals surface area (Å²) in [5.74, 6) is -0.0811. The molecule has 0 aliphatic rings. The molecule has 1 atom stereocenters. The van der Waals surface area contributed by atoms with Gasteiger partial charge in [0.05, 0.1) is 7.11 Å². The monoisotopic (exact) mass is 475 g/mol. The van der Waals surface area contributed by atoms with Crippen molar-refractivity contribution in [3.63, 3.8) is 0 Å². The Balaban J connectivity index is 2.25. The minimum absolute atomic E-state index is 0.00549. The van der Waals surface area contributed by atoms with Crippen LogP contribution in [0, 0.1) is 0 Å². The molecule has 0 spiro atoms. The van der Waals surface area contributed by atoms with Crippen molar-refractivity contribution in [3.8, 4) is 5.75 Å². The van der Waals surface area contributed by atoms with Gasteiger partial charge in [-0.15, -0.1) is 0 Å². The van der Waals surface area contributed by atoms with Gasteiger partial charge in [-0.05, 0) is 43.3 Å². The number of ether oxygens (including phenoxy) is 1. The first-order valence-corrected chi connectivity index (χ1v) is 13.0. The van der Waals surface area contributed by atoms with Gasteiger partial charge in [-0.1, -0.05) is 58.0 Å². The van der Waals surface area contributed by atoms with Gasteiger partial charge in [0.25, 0.3) is 5.91 Å². The molecule has 0 heterocycles. The molecule has 2 aromatic carbocycles. The van der Waals surface area contributed by atoms with Crippen molar-refractivity contribution in [1.82, 2.24) is 14.5 Å². The molecule has 0 saturated carbocycles. The van der Waals surface area contributed by atoms with E-state index in [1.54, 1.807) is 19.9 Å². The first-order valence-electron chi connectivity index (χ1n) is 11.6. The Morgan fingerprint density at radius 2 is 1.61 bits per heavy atom. The van der Waals surface area contributed by atoms with Crippen LogP contribution < -0.4 is 10.1 Å². The number of benzene rings is 2. The van der Waals surface area contributed by atoms with E-state index in [2.05, 4.69) is 36.2 Å². The lowest BCUT2D eigenvalue weighted by atomic mass is 10.0. The van der Waals surface area contributed by atoms with Gasteiger partial charge in [-0.25, -0.2) is 8.42 Å². The number of amides is 1. The number of carbonyl (C=O) groups excluding carboxylic acids is 1. The number of hydrogen-bond donors (Lipinski definition) is 1. The Kier molecular flexibility index (Phi) is 10.3. The SMILES string of the molecule is CCN(CC)[C@H](CNC(=O)c1ccc(OC)c(S(=O)(=O)N(CC)CC)c1)Cc1ccccc1. The molecule has 7 nitrogen and oxygen atoms in total. The summed E-state index contributed by atoms with van der Waals surface area (Å²) in [5.41, 5.74) is 1.50. The van der Waals surface area contributed by atoms with Gasteiger partial charge in [0.1, 0.15) is 10.6 Å². The lowest BCUT2D eigenvalue weighted by Gasteiger charge is -2.30. The van der Waals surface area contributed by atoms with Crippen LogP contribution in [0.3, 0.4) is 0 Å². The molecule has 2 aromatic rings. The van der Waals surface area contributed by atoms with E-state index >= 15 is 0 Å². The second-order valence-corrected chi connectivity index (χ2v) is 9.64. The van der Waals surface area contributed by atoms with E-state index in [0.29, 0.717) is 25.2 Å². The number of likely N-dealkylation sites (N-methyl/N-ethyl adjacent to an activating group) is 1. The summed E-state index contributed by atoms with van der Waals surface area (Å²) in [4.78, 5) is 15.3. The van der Waals surface area contributed by atoms with Crippen LogP contribution in [0.1, 0.15) is 43.6 Å². The molecule has 1 amide bonds. The van der Waals surface area contributed by atoms with Gasteiger partial charge in [0.2, 0.25) is 10.0 Å². The molecule has 0 aliphatic carbocycles. The largest absolute Gasteiger partial charge is 0.495 e. The molecule has 33 heavy (non-hydrogen) atoms. The van der Waals surface area contributed by atoms with E-state index in [-0.39, 0.29) is 22.6 Å². The van der Waals surface area contributed by atoms with Crippen LogP contribution in [-0.4, -0.2) is 69.4 Å². The number of methoxy groups -OCH3 is 1. The predicted octanol–water partition coefficient (Wildman–Crippen LogP) is 3.41. The Morgan fingerprint density at radius 3 is 2.15 bits per heavy atom. The van der Waals surface area contributed by atoms with Crippen molar-refractivity contribution in [2.45, 2.75) is 45.1 Å². The van der Waals surface area contributed by atoms with Crippen LogP contribution >= 0.6 is 0 Å². The number of nitrogens with one attached hydrogen (secondary N) is 1. The summed E-state index contributed by atoms with van der Waals surface area (Å²) in [6, 6.07) is 14.9. The second-order valence-electron chi connectivity index (χ2n) is 7.73. The fraction of sp³-hybridized carbons (Fsp3) is 0.480. The summed E-state index contributed by atoms with van der Waals surface area (Å²) in [5, 5.41) is 3.01. The smallest absolute Gasteiger partial charge is 0.251 e. The van der Waals surface area contributed by atoms with Crippen molar-refractivity contribution in [1.29, 1.82) is 0 Å². The minimum Gasteiger partial charge on any atom is -0.495 e. The van der Waals surface area contributed by atoms with Crippen molar-refractivity contribution >= 4 is 15.9 Å². The summed E-state index contributed by atoms with van der Waals surface area (Å²) in [7, 11) is -2.35. The number of rotatable bonds is 13. The number of hydrogen-bond acceptors (Lipinski definition) is 5. The molecule has 8 heteroatoms. The topological polar surface area (TPSA) is 79.0 Å². The van der Waals surface area contributed by atoms with Gasteiger partial charge >= 0.3 is 0 Å². The Hall–Kier alpha value is -2.42.